The standard InChI is InChI=1S/C10H20N2O/c1-9(13)12-10(8-11-2)6-4-3-5-7-10/h11H,3-8H2,1-2H3,(H,12,13). The topological polar surface area (TPSA) is 41.1 Å². The quantitative estimate of drug-likeness (QED) is 0.688. The summed E-state index contributed by atoms with van der Waals surface area (Å²) in [5, 5.41) is 6.26. The molecule has 3 nitrogen and oxygen atoms in total. The summed E-state index contributed by atoms with van der Waals surface area (Å²) in [6.45, 7) is 2.50. The Morgan fingerprint density at radius 1 is 1.31 bits per heavy atom. The fourth-order valence-corrected chi connectivity index (χ4v) is 2.29. The number of carbonyl (C=O) groups is 1. The van der Waals surface area contributed by atoms with Crippen LogP contribution in [0.1, 0.15) is 39.0 Å². The molecule has 0 unspecified atom stereocenters. The highest BCUT2D eigenvalue weighted by atomic mass is 16.1. The van der Waals surface area contributed by atoms with Gasteiger partial charge in [-0.2, -0.15) is 0 Å². The van der Waals surface area contributed by atoms with Gasteiger partial charge in [-0.05, 0) is 19.9 Å². The van der Waals surface area contributed by atoms with E-state index in [2.05, 4.69) is 10.6 Å². The number of amides is 1. The largest absolute Gasteiger partial charge is 0.350 e. The lowest BCUT2D eigenvalue weighted by molar-refractivity contribution is -0.121. The molecule has 1 aliphatic rings. The van der Waals surface area contributed by atoms with Crippen molar-refractivity contribution in [2.75, 3.05) is 13.6 Å². The SMILES string of the molecule is CNCC1(NC(C)=O)CCCCC1. The molecule has 13 heavy (non-hydrogen) atoms. The first kappa shape index (κ1) is 10.5. The molecule has 0 saturated heterocycles. The summed E-state index contributed by atoms with van der Waals surface area (Å²) in [6.07, 6.45) is 6.02. The molecule has 0 bridgehead atoms. The van der Waals surface area contributed by atoms with Crippen molar-refractivity contribution in [3.63, 3.8) is 0 Å². The Morgan fingerprint density at radius 2 is 1.92 bits per heavy atom. The van der Waals surface area contributed by atoms with Crippen molar-refractivity contribution in [3.8, 4) is 0 Å². The van der Waals surface area contributed by atoms with E-state index in [1.54, 1.807) is 6.92 Å². The van der Waals surface area contributed by atoms with Gasteiger partial charge in [0.1, 0.15) is 0 Å². The highest BCUT2D eigenvalue weighted by Crippen LogP contribution is 2.27. The van der Waals surface area contributed by atoms with Crippen LogP contribution >= 0.6 is 0 Å². The Morgan fingerprint density at radius 3 is 2.38 bits per heavy atom. The van der Waals surface area contributed by atoms with Crippen LogP contribution in [0.3, 0.4) is 0 Å². The average Bonchev–Trinajstić information content (AvgIpc) is 2.04. The van der Waals surface area contributed by atoms with E-state index in [9.17, 15) is 4.79 Å². The van der Waals surface area contributed by atoms with Crippen LogP contribution in [-0.2, 0) is 4.79 Å². The van der Waals surface area contributed by atoms with Crippen LogP contribution in [0.2, 0.25) is 0 Å². The lowest BCUT2D eigenvalue weighted by Gasteiger charge is -2.37. The Bertz CT molecular complexity index is 168. The van der Waals surface area contributed by atoms with Crippen LogP contribution in [0.25, 0.3) is 0 Å². The van der Waals surface area contributed by atoms with Crippen LogP contribution in [0.4, 0.5) is 0 Å². The Kier molecular flexibility index (Phi) is 3.72. The minimum absolute atomic E-state index is 0.0405. The van der Waals surface area contributed by atoms with Gasteiger partial charge in [0.25, 0.3) is 0 Å². The van der Waals surface area contributed by atoms with Gasteiger partial charge in [0, 0.05) is 13.5 Å². The fraction of sp³-hybridized carbons (Fsp3) is 0.900. The molecule has 1 aliphatic carbocycles. The van der Waals surface area contributed by atoms with E-state index < -0.39 is 0 Å². The van der Waals surface area contributed by atoms with E-state index in [1.165, 1.54) is 19.3 Å². The van der Waals surface area contributed by atoms with E-state index in [4.69, 9.17) is 0 Å². The van der Waals surface area contributed by atoms with E-state index in [0.29, 0.717) is 0 Å². The highest BCUT2D eigenvalue weighted by molar-refractivity contribution is 5.73. The van der Waals surface area contributed by atoms with Gasteiger partial charge in [0.05, 0.1) is 5.54 Å². The van der Waals surface area contributed by atoms with Gasteiger partial charge in [-0.3, -0.25) is 4.79 Å². The zero-order valence-corrected chi connectivity index (χ0v) is 8.65. The third kappa shape index (κ3) is 2.99. The van der Waals surface area contributed by atoms with Crippen molar-refractivity contribution in [2.45, 2.75) is 44.6 Å². The van der Waals surface area contributed by atoms with Crippen molar-refractivity contribution in [1.29, 1.82) is 0 Å². The Balaban J connectivity index is 2.55. The maximum atomic E-state index is 11.1. The lowest BCUT2D eigenvalue weighted by Crippen LogP contribution is -2.54. The van der Waals surface area contributed by atoms with Gasteiger partial charge in [0.2, 0.25) is 5.91 Å². The second-order valence-electron chi connectivity index (χ2n) is 4.05. The van der Waals surface area contributed by atoms with Crippen molar-refractivity contribution in [3.05, 3.63) is 0 Å². The molecule has 0 aromatic heterocycles. The summed E-state index contributed by atoms with van der Waals surface area (Å²) < 4.78 is 0. The number of rotatable bonds is 3. The predicted octanol–water partition coefficient (Wildman–Crippen LogP) is 1.04. The molecular formula is C10H20N2O. The number of carbonyl (C=O) groups excluding carboxylic acids is 1. The van der Waals surface area contributed by atoms with Gasteiger partial charge in [-0.25, -0.2) is 0 Å². The molecule has 0 spiro atoms. The smallest absolute Gasteiger partial charge is 0.217 e. The third-order valence-electron chi connectivity index (χ3n) is 2.77. The summed E-state index contributed by atoms with van der Waals surface area (Å²) in [5.74, 6) is 0.0946. The molecule has 76 valence electrons. The average molecular weight is 184 g/mol. The molecule has 1 rings (SSSR count). The first-order valence-electron chi connectivity index (χ1n) is 5.12. The maximum Gasteiger partial charge on any atom is 0.217 e. The van der Waals surface area contributed by atoms with Crippen molar-refractivity contribution in [2.24, 2.45) is 0 Å². The zero-order valence-electron chi connectivity index (χ0n) is 8.65. The summed E-state index contributed by atoms with van der Waals surface area (Å²) in [7, 11) is 1.94. The molecule has 0 aromatic carbocycles. The van der Waals surface area contributed by atoms with Crippen molar-refractivity contribution < 1.29 is 4.79 Å². The summed E-state index contributed by atoms with van der Waals surface area (Å²) in [6, 6.07) is 0. The number of hydrogen-bond acceptors (Lipinski definition) is 2. The lowest BCUT2D eigenvalue weighted by atomic mass is 9.81. The first-order chi connectivity index (χ1) is 6.18. The first-order valence-corrected chi connectivity index (χ1v) is 5.12. The number of likely N-dealkylation sites (N-methyl/N-ethyl adjacent to an activating group) is 1. The van der Waals surface area contributed by atoms with E-state index in [-0.39, 0.29) is 11.4 Å². The molecule has 0 atom stereocenters. The van der Waals surface area contributed by atoms with Gasteiger partial charge in [0.15, 0.2) is 0 Å². The fourth-order valence-electron chi connectivity index (χ4n) is 2.29. The van der Waals surface area contributed by atoms with Crippen LogP contribution in [0.15, 0.2) is 0 Å². The summed E-state index contributed by atoms with van der Waals surface area (Å²) in [4.78, 5) is 11.1. The molecule has 3 heteroatoms. The monoisotopic (exact) mass is 184 g/mol. The molecule has 1 saturated carbocycles. The molecule has 0 aromatic rings. The molecule has 0 radical (unpaired) electrons. The summed E-state index contributed by atoms with van der Waals surface area (Å²) in [5.41, 5.74) is 0.0405. The predicted molar refractivity (Wildman–Crippen MR) is 53.6 cm³/mol. The zero-order chi connectivity index (χ0) is 9.73. The molecule has 1 amide bonds. The van der Waals surface area contributed by atoms with E-state index >= 15 is 0 Å². The molecule has 1 fully saturated rings. The highest BCUT2D eigenvalue weighted by Gasteiger charge is 2.31. The van der Waals surface area contributed by atoms with Crippen molar-refractivity contribution in [1.82, 2.24) is 10.6 Å². The normalized spacial score (nSPS) is 21.1. The maximum absolute atomic E-state index is 11.1. The van der Waals surface area contributed by atoms with Gasteiger partial charge >= 0.3 is 0 Å². The third-order valence-corrected chi connectivity index (χ3v) is 2.77. The minimum Gasteiger partial charge on any atom is -0.350 e. The van der Waals surface area contributed by atoms with Crippen LogP contribution in [0, 0.1) is 0 Å². The van der Waals surface area contributed by atoms with Gasteiger partial charge < -0.3 is 10.6 Å². The second-order valence-corrected chi connectivity index (χ2v) is 4.05. The molecule has 0 heterocycles. The minimum atomic E-state index is 0.0405. The van der Waals surface area contributed by atoms with Crippen LogP contribution < -0.4 is 10.6 Å². The van der Waals surface area contributed by atoms with Gasteiger partial charge in [-0.1, -0.05) is 19.3 Å². The number of hydrogen-bond donors (Lipinski definition) is 2. The van der Waals surface area contributed by atoms with Crippen LogP contribution in [-0.4, -0.2) is 25.0 Å². The molecule has 2 N–H and O–H groups in total. The van der Waals surface area contributed by atoms with Crippen LogP contribution in [0.5, 0.6) is 0 Å². The molecule has 0 aliphatic heterocycles. The van der Waals surface area contributed by atoms with Crippen molar-refractivity contribution >= 4 is 5.91 Å². The molecular weight excluding hydrogens is 164 g/mol. The second kappa shape index (κ2) is 4.61. The Labute approximate surface area is 80.3 Å². The van der Waals surface area contributed by atoms with E-state index in [1.807, 2.05) is 7.05 Å². The number of nitrogens with one attached hydrogen (secondary N) is 2. The Hall–Kier alpha value is -0.570. The summed E-state index contributed by atoms with van der Waals surface area (Å²) >= 11 is 0. The van der Waals surface area contributed by atoms with E-state index in [0.717, 1.165) is 19.4 Å². The van der Waals surface area contributed by atoms with Gasteiger partial charge in [-0.15, -0.1) is 0 Å².